The van der Waals surface area contributed by atoms with E-state index in [9.17, 15) is 5.11 Å². The molecule has 1 aromatic carbocycles. The van der Waals surface area contributed by atoms with Crippen LogP contribution in [-0.2, 0) is 0 Å². The maximum atomic E-state index is 9.25. The monoisotopic (exact) mass is 211 g/mol. The smallest absolute Gasteiger partial charge is 0.237 e. The number of benzene rings is 1. The average Bonchev–Trinajstić information content (AvgIpc) is 2.69. The zero-order valence-corrected chi connectivity index (χ0v) is 8.41. The Hall–Kier alpha value is -2.36. The summed E-state index contributed by atoms with van der Waals surface area (Å²) >= 11 is 0. The van der Waals surface area contributed by atoms with Gasteiger partial charge in [-0.1, -0.05) is 30.3 Å². The van der Waals surface area contributed by atoms with E-state index in [-0.39, 0.29) is 5.88 Å². The summed E-state index contributed by atoms with van der Waals surface area (Å²) in [4.78, 5) is 8.03. The first kappa shape index (κ1) is 8.91. The van der Waals surface area contributed by atoms with Crippen molar-refractivity contribution in [3.63, 3.8) is 0 Å². The topological polar surface area (TPSA) is 50.4 Å². The second-order valence-electron chi connectivity index (χ2n) is 3.52. The lowest BCUT2D eigenvalue weighted by Crippen LogP contribution is -1.88. The zero-order valence-electron chi connectivity index (χ0n) is 8.41. The second kappa shape index (κ2) is 3.34. The Kier molecular flexibility index (Phi) is 1.86. The van der Waals surface area contributed by atoms with Gasteiger partial charge in [-0.15, -0.1) is 0 Å². The molecule has 3 aromatic rings. The van der Waals surface area contributed by atoms with Crippen molar-refractivity contribution in [3.8, 4) is 17.0 Å². The predicted octanol–water partition coefficient (Wildman–Crippen LogP) is 2.10. The van der Waals surface area contributed by atoms with E-state index < -0.39 is 0 Å². The normalized spacial score (nSPS) is 10.8. The maximum Gasteiger partial charge on any atom is 0.237 e. The van der Waals surface area contributed by atoms with Gasteiger partial charge >= 0.3 is 0 Å². The lowest BCUT2D eigenvalue weighted by Gasteiger charge is -2.00. The van der Waals surface area contributed by atoms with Gasteiger partial charge < -0.3 is 5.11 Å². The van der Waals surface area contributed by atoms with Crippen LogP contribution >= 0.6 is 0 Å². The van der Waals surface area contributed by atoms with E-state index in [0.29, 0.717) is 5.78 Å². The summed E-state index contributed by atoms with van der Waals surface area (Å²) in [5, 5.41) is 9.25. The molecule has 0 atom stereocenters. The highest BCUT2D eigenvalue weighted by atomic mass is 16.3. The summed E-state index contributed by atoms with van der Waals surface area (Å²) in [5.41, 5.74) is 2.08. The Morgan fingerprint density at radius 2 is 1.81 bits per heavy atom. The maximum absolute atomic E-state index is 9.25. The van der Waals surface area contributed by atoms with Crippen LogP contribution in [0, 0.1) is 0 Å². The van der Waals surface area contributed by atoms with Crippen molar-refractivity contribution in [2.75, 3.05) is 0 Å². The molecule has 0 aliphatic carbocycles. The predicted molar refractivity (Wildman–Crippen MR) is 60.1 cm³/mol. The van der Waals surface area contributed by atoms with Crippen LogP contribution in [0.1, 0.15) is 0 Å². The molecule has 78 valence electrons. The molecule has 2 heterocycles. The molecule has 4 heteroatoms. The highest BCUT2D eigenvalue weighted by molar-refractivity contribution is 5.62. The minimum Gasteiger partial charge on any atom is -0.492 e. The summed E-state index contributed by atoms with van der Waals surface area (Å²) in [7, 11) is 0. The van der Waals surface area contributed by atoms with Gasteiger partial charge in [0.2, 0.25) is 11.7 Å². The molecule has 1 N–H and O–H groups in total. The standard InChI is InChI=1S/C12H9N3O/c16-11-8-15-7-10(6-13-12(15)14-11)9-4-2-1-3-5-9/h1-8,16H. The molecule has 3 rings (SSSR count). The fourth-order valence-electron chi connectivity index (χ4n) is 1.65. The Labute approximate surface area is 91.8 Å². The molecule has 0 aliphatic rings. The number of aromatic hydroxyl groups is 1. The molecule has 0 saturated heterocycles. The number of nitrogens with zero attached hydrogens (tertiary/aromatic N) is 3. The van der Waals surface area contributed by atoms with Crippen molar-refractivity contribution in [2.24, 2.45) is 0 Å². The third kappa shape index (κ3) is 1.40. The van der Waals surface area contributed by atoms with E-state index in [2.05, 4.69) is 9.97 Å². The molecule has 0 saturated carbocycles. The van der Waals surface area contributed by atoms with E-state index in [4.69, 9.17) is 0 Å². The molecule has 0 aliphatic heterocycles. The summed E-state index contributed by atoms with van der Waals surface area (Å²) < 4.78 is 1.71. The van der Waals surface area contributed by atoms with E-state index in [1.165, 1.54) is 6.20 Å². The van der Waals surface area contributed by atoms with Crippen LogP contribution in [0.3, 0.4) is 0 Å². The third-order valence-electron chi connectivity index (χ3n) is 2.40. The lowest BCUT2D eigenvalue weighted by molar-refractivity contribution is 0.457. The number of rotatable bonds is 1. The number of hydrogen-bond acceptors (Lipinski definition) is 3. The largest absolute Gasteiger partial charge is 0.492 e. The third-order valence-corrected chi connectivity index (χ3v) is 2.40. The first-order valence-corrected chi connectivity index (χ1v) is 4.92. The first-order chi connectivity index (χ1) is 7.83. The van der Waals surface area contributed by atoms with Crippen molar-refractivity contribution in [1.29, 1.82) is 0 Å². The minimum absolute atomic E-state index is 0.0160. The quantitative estimate of drug-likeness (QED) is 0.670. The summed E-state index contributed by atoms with van der Waals surface area (Å²) in [6.07, 6.45) is 5.18. The van der Waals surface area contributed by atoms with Gasteiger partial charge in [-0.05, 0) is 5.56 Å². The number of aromatic nitrogens is 3. The molecule has 0 bridgehead atoms. The van der Waals surface area contributed by atoms with Gasteiger partial charge in [-0.3, -0.25) is 4.40 Å². The van der Waals surface area contributed by atoms with Gasteiger partial charge in [0.25, 0.3) is 0 Å². The van der Waals surface area contributed by atoms with Gasteiger partial charge in [0, 0.05) is 18.0 Å². The Morgan fingerprint density at radius 3 is 2.62 bits per heavy atom. The first-order valence-electron chi connectivity index (χ1n) is 4.92. The van der Waals surface area contributed by atoms with Crippen molar-refractivity contribution in [1.82, 2.24) is 14.4 Å². The van der Waals surface area contributed by atoms with Crippen LogP contribution in [0.5, 0.6) is 5.88 Å². The van der Waals surface area contributed by atoms with Crippen molar-refractivity contribution < 1.29 is 5.11 Å². The Balaban J connectivity index is 2.18. The van der Waals surface area contributed by atoms with Gasteiger partial charge in [0.05, 0.1) is 6.20 Å². The van der Waals surface area contributed by atoms with E-state index in [1.807, 2.05) is 36.5 Å². The fourth-order valence-corrected chi connectivity index (χ4v) is 1.65. The molecule has 16 heavy (non-hydrogen) atoms. The van der Waals surface area contributed by atoms with Gasteiger partial charge in [-0.25, -0.2) is 4.98 Å². The number of fused-ring (bicyclic) bond motifs is 1. The second-order valence-corrected chi connectivity index (χ2v) is 3.52. The highest BCUT2D eigenvalue weighted by Gasteiger charge is 2.03. The fraction of sp³-hybridized carbons (Fsp3) is 0. The van der Waals surface area contributed by atoms with Gasteiger partial charge in [-0.2, -0.15) is 4.98 Å². The van der Waals surface area contributed by atoms with E-state index in [0.717, 1.165) is 11.1 Å². The van der Waals surface area contributed by atoms with Crippen LogP contribution in [0.2, 0.25) is 0 Å². The minimum atomic E-state index is -0.0160. The summed E-state index contributed by atoms with van der Waals surface area (Å²) in [6, 6.07) is 9.95. The Bertz CT molecular complexity index is 631. The number of hydrogen-bond donors (Lipinski definition) is 1. The molecule has 0 spiro atoms. The summed E-state index contributed by atoms with van der Waals surface area (Å²) in [6.45, 7) is 0. The van der Waals surface area contributed by atoms with Crippen molar-refractivity contribution in [2.45, 2.75) is 0 Å². The van der Waals surface area contributed by atoms with E-state index in [1.54, 1.807) is 10.6 Å². The molecular formula is C12H9N3O. The van der Waals surface area contributed by atoms with Crippen molar-refractivity contribution in [3.05, 3.63) is 48.9 Å². The molecular weight excluding hydrogens is 202 g/mol. The SMILES string of the molecule is Oc1cn2cc(-c3ccccc3)cnc2n1. The zero-order chi connectivity index (χ0) is 11.0. The van der Waals surface area contributed by atoms with Gasteiger partial charge in [0.1, 0.15) is 0 Å². The summed E-state index contributed by atoms with van der Waals surface area (Å²) in [5.74, 6) is 0.481. The van der Waals surface area contributed by atoms with Crippen LogP contribution in [0.4, 0.5) is 0 Å². The lowest BCUT2D eigenvalue weighted by atomic mass is 10.1. The van der Waals surface area contributed by atoms with Crippen molar-refractivity contribution >= 4 is 5.78 Å². The van der Waals surface area contributed by atoms with E-state index >= 15 is 0 Å². The molecule has 0 radical (unpaired) electrons. The van der Waals surface area contributed by atoms with Crippen LogP contribution in [0.15, 0.2) is 48.9 Å². The highest BCUT2D eigenvalue weighted by Crippen LogP contribution is 2.18. The average molecular weight is 211 g/mol. The number of imidazole rings is 1. The van der Waals surface area contributed by atoms with Crippen LogP contribution in [0.25, 0.3) is 16.9 Å². The molecule has 0 amide bonds. The van der Waals surface area contributed by atoms with Gasteiger partial charge in [0.15, 0.2) is 0 Å². The molecule has 4 nitrogen and oxygen atoms in total. The van der Waals surface area contributed by atoms with Crippen LogP contribution < -0.4 is 0 Å². The Morgan fingerprint density at radius 1 is 1.00 bits per heavy atom. The molecule has 0 unspecified atom stereocenters. The molecule has 2 aromatic heterocycles. The molecule has 0 fully saturated rings. The van der Waals surface area contributed by atoms with Crippen LogP contribution in [-0.4, -0.2) is 19.5 Å².